The lowest BCUT2D eigenvalue weighted by molar-refractivity contribution is -0.138. The highest BCUT2D eigenvalue weighted by atomic mass is 32.2. The summed E-state index contributed by atoms with van der Waals surface area (Å²) in [5, 5.41) is 13.8. The van der Waals surface area contributed by atoms with Crippen molar-refractivity contribution in [1.29, 1.82) is 0 Å². The Morgan fingerprint density at radius 3 is 2.14 bits per heavy atom. The van der Waals surface area contributed by atoms with E-state index in [2.05, 4.69) is 10.6 Å². The molecule has 9 heteroatoms. The van der Waals surface area contributed by atoms with Crippen molar-refractivity contribution in [3.8, 4) is 11.5 Å². The van der Waals surface area contributed by atoms with Crippen molar-refractivity contribution in [3.63, 3.8) is 0 Å². The van der Waals surface area contributed by atoms with Gasteiger partial charge in [-0.2, -0.15) is 0 Å². The number of hydrogen-bond acceptors (Lipinski definition) is 6. The minimum absolute atomic E-state index is 0.119. The Balaban J connectivity index is 1.81. The van der Waals surface area contributed by atoms with Crippen molar-refractivity contribution in [2.75, 3.05) is 24.9 Å². The predicted octanol–water partition coefficient (Wildman–Crippen LogP) is 4.98. The van der Waals surface area contributed by atoms with Crippen LogP contribution in [0.2, 0.25) is 0 Å². The molecule has 0 radical (unpaired) electrons. The standard InChI is InChI=1S/C26H26N2O6S/c1-33-20-13-19(14-21(16-20)34-2)28-26(32)25(17-7-4-3-5-8-17)35-22-10-6-9-18(15-22)27-23(29)11-12-24(30)31/h3-10,13-16,25H,11-12H2,1-2H3,(H,27,29)(H,28,32)(H,30,31). The Hall–Kier alpha value is -3.98. The van der Waals surface area contributed by atoms with Crippen LogP contribution in [0.4, 0.5) is 11.4 Å². The van der Waals surface area contributed by atoms with E-state index in [-0.39, 0.29) is 24.7 Å². The molecular formula is C26H26N2O6S. The minimum atomic E-state index is -1.03. The number of aliphatic carboxylic acids is 1. The highest BCUT2D eigenvalue weighted by molar-refractivity contribution is 8.00. The van der Waals surface area contributed by atoms with E-state index in [1.165, 1.54) is 26.0 Å². The van der Waals surface area contributed by atoms with Crippen LogP contribution in [0.15, 0.2) is 77.7 Å². The van der Waals surface area contributed by atoms with E-state index in [1.54, 1.807) is 36.4 Å². The number of ether oxygens (including phenoxy) is 2. The molecule has 3 aromatic carbocycles. The largest absolute Gasteiger partial charge is 0.497 e. The molecule has 3 aromatic rings. The molecule has 0 saturated heterocycles. The maximum Gasteiger partial charge on any atom is 0.303 e. The summed E-state index contributed by atoms with van der Waals surface area (Å²) in [5.74, 6) is -0.564. The first kappa shape index (κ1) is 25.6. The zero-order chi connectivity index (χ0) is 25.2. The Morgan fingerprint density at radius 2 is 1.51 bits per heavy atom. The smallest absolute Gasteiger partial charge is 0.303 e. The van der Waals surface area contributed by atoms with Crippen LogP contribution in [0.3, 0.4) is 0 Å². The summed E-state index contributed by atoms with van der Waals surface area (Å²) in [6.07, 6.45) is -0.364. The van der Waals surface area contributed by atoms with Gasteiger partial charge in [0.25, 0.3) is 0 Å². The molecule has 35 heavy (non-hydrogen) atoms. The molecule has 2 amide bonds. The number of carboxylic acid groups (broad SMARTS) is 1. The summed E-state index contributed by atoms with van der Waals surface area (Å²) in [6, 6.07) is 21.6. The first-order chi connectivity index (χ1) is 16.9. The maximum absolute atomic E-state index is 13.4. The Labute approximate surface area is 207 Å². The van der Waals surface area contributed by atoms with Gasteiger partial charge in [-0.3, -0.25) is 14.4 Å². The van der Waals surface area contributed by atoms with Crippen LogP contribution < -0.4 is 20.1 Å². The van der Waals surface area contributed by atoms with Gasteiger partial charge in [-0.25, -0.2) is 0 Å². The van der Waals surface area contributed by atoms with Crippen LogP contribution in [0.25, 0.3) is 0 Å². The average molecular weight is 495 g/mol. The second-order valence-electron chi connectivity index (χ2n) is 7.47. The van der Waals surface area contributed by atoms with Crippen molar-refractivity contribution in [2.24, 2.45) is 0 Å². The highest BCUT2D eigenvalue weighted by Crippen LogP contribution is 2.37. The van der Waals surface area contributed by atoms with Crippen molar-refractivity contribution in [2.45, 2.75) is 23.0 Å². The number of benzene rings is 3. The monoisotopic (exact) mass is 494 g/mol. The second-order valence-corrected chi connectivity index (χ2v) is 8.65. The van der Waals surface area contributed by atoms with Crippen molar-refractivity contribution < 1.29 is 29.0 Å². The van der Waals surface area contributed by atoms with E-state index in [1.807, 2.05) is 36.4 Å². The summed E-state index contributed by atoms with van der Waals surface area (Å²) in [6.45, 7) is 0. The first-order valence-corrected chi connectivity index (χ1v) is 11.6. The molecule has 3 rings (SSSR count). The molecule has 1 unspecified atom stereocenters. The summed E-state index contributed by atoms with van der Waals surface area (Å²) in [7, 11) is 3.08. The highest BCUT2D eigenvalue weighted by Gasteiger charge is 2.23. The van der Waals surface area contributed by atoms with E-state index < -0.39 is 11.2 Å². The van der Waals surface area contributed by atoms with E-state index in [9.17, 15) is 14.4 Å². The number of methoxy groups -OCH3 is 2. The van der Waals surface area contributed by atoms with Gasteiger partial charge in [0.2, 0.25) is 11.8 Å². The molecule has 0 fully saturated rings. The number of carboxylic acids is 1. The quantitative estimate of drug-likeness (QED) is 0.322. The van der Waals surface area contributed by atoms with Crippen molar-refractivity contribution >= 4 is 40.9 Å². The Bertz CT molecular complexity index is 1160. The van der Waals surface area contributed by atoms with E-state index in [4.69, 9.17) is 14.6 Å². The summed E-state index contributed by atoms with van der Waals surface area (Å²) in [4.78, 5) is 36.9. The molecule has 0 aliphatic rings. The molecule has 0 heterocycles. The van der Waals surface area contributed by atoms with Gasteiger partial charge < -0.3 is 25.2 Å². The molecule has 0 spiro atoms. The van der Waals surface area contributed by atoms with Crippen LogP contribution >= 0.6 is 11.8 Å². The molecule has 0 aliphatic heterocycles. The number of anilines is 2. The Kier molecular flexibility index (Phi) is 9.14. The van der Waals surface area contributed by atoms with Gasteiger partial charge in [0.15, 0.2) is 0 Å². The van der Waals surface area contributed by atoms with Gasteiger partial charge in [-0.05, 0) is 23.8 Å². The van der Waals surface area contributed by atoms with Gasteiger partial charge in [0.1, 0.15) is 16.7 Å². The molecule has 3 N–H and O–H groups in total. The fourth-order valence-corrected chi connectivity index (χ4v) is 4.30. The number of rotatable bonds is 11. The third kappa shape index (κ3) is 7.79. The molecule has 8 nitrogen and oxygen atoms in total. The van der Waals surface area contributed by atoms with Gasteiger partial charge >= 0.3 is 5.97 Å². The molecule has 0 aliphatic carbocycles. The molecule has 0 bridgehead atoms. The van der Waals surface area contributed by atoms with Gasteiger partial charge in [-0.1, -0.05) is 36.4 Å². The van der Waals surface area contributed by atoms with E-state index in [0.29, 0.717) is 22.9 Å². The lowest BCUT2D eigenvalue weighted by Crippen LogP contribution is -2.19. The number of amides is 2. The third-order valence-electron chi connectivity index (χ3n) is 4.90. The molecule has 1 atom stereocenters. The van der Waals surface area contributed by atoms with Crippen molar-refractivity contribution in [1.82, 2.24) is 0 Å². The molecular weight excluding hydrogens is 468 g/mol. The zero-order valence-corrected chi connectivity index (χ0v) is 20.1. The van der Waals surface area contributed by atoms with Crippen LogP contribution in [-0.2, 0) is 14.4 Å². The fraction of sp³-hybridized carbons (Fsp3) is 0.192. The van der Waals surface area contributed by atoms with Crippen LogP contribution in [0, 0.1) is 0 Å². The lowest BCUT2D eigenvalue weighted by atomic mass is 10.1. The second kappa shape index (κ2) is 12.5. The predicted molar refractivity (Wildman–Crippen MR) is 135 cm³/mol. The van der Waals surface area contributed by atoms with Crippen LogP contribution in [0.5, 0.6) is 11.5 Å². The first-order valence-electron chi connectivity index (χ1n) is 10.7. The zero-order valence-electron chi connectivity index (χ0n) is 19.3. The third-order valence-corrected chi connectivity index (χ3v) is 6.15. The number of carbonyl (C=O) groups excluding carboxylic acids is 2. The molecule has 0 saturated carbocycles. The number of thioether (sulfide) groups is 1. The maximum atomic E-state index is 13.4. The SMILES string of the molecule is COc1cc(NC(=O)C(Sc2cccc(NC(=O)CCC(=O)O)c2)c2ccccc2)cc(OC)c1. The average Bonchev–Trinajstić information content (AvgIpc) is 2.86. The van der Waals surface area contributed by atoms with Crippen LogP contribution in [0.1, 0.15) is 23.7 Å². The number of carbonyl (C=O) groups is 3. The normalized spacial score (nSPS) is 11.3. The molecule has 182 valence electrons. The lowest BCUT2D eigenvalue weighted by Gasteiger charge is -2.18. The fourth-order valence-electron chi connectivity index (χ4n) is 3.22. The van der Waals surface area contributed by atoms with Crippen LogP contribution in [-0.4, -0.2) is 37.1 Å². The van der Waals surface area contributed by atoms with Crippen molar-refractivity contribution in [3.05, 3.63) is 78.4 Å². The Morgan fingerprint density at radius 1 is 0.829 bits per heavy atom. The molecule has 0 aromatic heterocycles. The summed E-state index contributed by atoms with van der Waals surface area (Å²) < 4.78 is 10.6. The minimum Gasteiger partial charge on any atom is -0.497 e. The topological polar surface area (TPSA) is 114 Å². The summed E-state index contributed by atoms with van der Waals surface area (Å²) >= 11 is 1.33. The van der Waals surface area contributed by atoms with E-state index in [0.717, 1.165) is 10.5 Å². The van der Waals surface area contributed by atoms with Gasteiger partial charge in [0, 0.05) is 40.9 Å². The number of hydrogen-bond donors (Lipinski definition) is 3. The van der Waals surface area contributed by atoms with Gasteiger partial charge in [0.05, 0.1) is 20.6 Å². The summed E-state index contributed by atoms with van der Waals surface area (Å²) in [5.41, 5.74) is 1.86. The number of nitrogens with one attached hydrogen (secondary N) is 2. The van der Waals surface area contributed by atoms with Gasteiger partial charge in [-0.15, -0.1) is 11.8 Å². The van der Waals surface area contributed by atoms with E-state index >= 15 is 0 Å².